The van der Waals surface area contributed by atoms with Gasteiger partial charge in [0.05, 0.1) is 24.7 Å². The summed E-state index contributed by atoms with van der Waals surface area (Å²) in [5.74, 6) is -0.0249. The van der Waals surface area contributed by atoms with Gasteiger partial charge >= 0.3 is 6.18 Å². The summed E-state index contributed by atoms with van der Waals surface area (Å²) in [6.45, 7) is 4.62. The highest BCUT2D eigenvalue weighted by molar-refractivity contribution is 5.99. The van der Waals surface area contributed by atoms with E-state index in [9.17, 15) is 18.0 Å². The number of nitrogens with one attached hydrogen (secondary N) is 1. The monoisotopic (exact) mass is 458 g/mol. The van der Waals surface area contributed by atoms with Crippen molar-refractivity contribution < 1.29 is 22.7 Å². The Kier molecular flexibility index (Phi) is 5.79. The number of methoxy groups -OCH3 is 1. The van der Waals surface area contributed by atoms with E-state index in [1.54, 1.807) is 28.9 Å². The van der Waals surface area contributed by atoms with Crippen LogP contribution in [-0.4, -0.2) is 37.4 Å². The predicted molar refractivity (Wildman–Crippen MR) is 114 cm³/mol. The van der Waals surface area contributed by atoms with Gasteiger partial charge in [0, 0.05) is 30.4 Å². The summed E-state index contributed by atoms with van der Waals surface area (Å²) in [7, 11) is 1.49. The quantitative estimate of drug-likeness (QED) is 0.474. The lowest BCUT2D eigenvalue weighted by Crippen LogP contribution is -2.23. The Morgan fingerprint density at radius 2 is 1.94 bits per heavy atom. The number of hydrogen-bond acceptors (Lipinski definition) is 5. The number of ether oxygens (including phenoxy) is 1. The maximum atomic E-state index is 13.8. The first kappa shape index (κ1) is 22.3. The van der Waals surface area contributed by atoms with Crippen molar-refractivity contribution in [2.45, 2.75) is 33.1 Å². The molecular formula is C22H21F3N6O2. The number of benzene rings is 1. The number of carbonyl (C=O) groups excluding carboxylic acids is 1. The molecule has 0 aliphatic heterocycles. The average Bonchev–Trinajstić information content (AvgIpc) is 3.39. The average molecular weight is 458 g/mol. The first-order valence-corrected chi connectivity index (χ1v) is 10.1. The number of fused-ring (bicyclic) bond motifs is 1. The molecule has 3 heterocycles. The molecule has 0 spiro atoms. The van der Waals surface area contributed by atoms with Crippen LogP contribution in [0.4, 0.5) is 13.2 Å². The predicted octanol–water partition coefficient (Wildman–Crippen LogP) is 3.88. The second kappa shape index (κ2) is 8.57. The van der Waals surface area contributed by atoms with Crippen LogP contribution in [0.1, 0.15) is 34.2 Å². The highest BCUT2D eigenvalue weighted by Gasteiger charge is 2.36. The number of nitrogens with zero attached hydrogens (tertiary/aromatic N) is 5. The molecular weight excluding hydrogens is 437 g/mol. The van der Waals surface area contributed by atoms with E-state index in [2.05, 4.69) is 20.5 Å². The second-order valence-electron chi connectivity index (χ2n) is 7.32. The van der Waals surface area contributed by atoms with E-state index < -0.39 is 17.8 Å². The maximum absolute atomic E-state index is 13.8. The molecule has 0 radical (unpaired) electrons. The normalized spacial score (nSPS) is 11.7. The lowest BCUT2D eigenvalue weighted by Gasteiger charge is -2.12. The number of carbonyl (C=O) groups is 1. The van der Waals surface area contributed by atoms with Crippen molar-refractivity contribution in [1.29, 1.82) is 0 Å². The number of alkyl halides is 3. The molecule has 0 aliphatic rings. The molecule has 0 fully saturated rings. The van der Waals surface area contributed by atoms with Crippen molar-refractivity contribution in [2.24, 2.45) is 0 Å². The van der Waals surface area contributed by atoms with E-state index in [0.717, 1.165) is 23.5 Å². The molecule has 0 saturated heterocycles. The molecule has 33 heavy (non-hydrogen) atoms. The number of hydrogen-bond donors (Lipinski definition) is 1. The molecule has 4 aromatic rings. The highest BCUT2D eigenvalue weighted by atomic mass is 19.4. The minimum Gasteiger partial charge on any atom is -0.497 e. The third-order valence-electron chi connectivity index (χ3n) is 5.20. The van der Waals surface area contributed by atoms with Crippen molar-refractivity contribution in [2.75, 3.05) is 7.11 Å². The summed E-state index contributed by atoms with van der Waals surface area (Å²) >= 11 is 0. The Balaban J connectivity index is 1.72. The molecule has 172 valence electrons. The van der Waals surface area contributed by atoms with Gasteiger partial charge in [-0.3, -0.25) is 9.48 Å². The Hall–Kier alpha value is -3.89. The van der Waals surface area contributed by atoms with E-state index in [4.69, 9.17) is 4.74 Å². The van der Waals surface area contributed by atoms with E-state index in [0.29, 0.717) is 22.4 Å². The molecule has 0 unspecified atom stereocenters. The van der Waals surface area contributed by atoms with Crippen LogP contribution in [0, 0.1) is 6.92 Å². The summed E-state index contributed by atoms with van der Waals surface area (Å²) in [6.07, 6.45) is -1.80. The molecule has 1 amide bonds. The largest absolute Gasteiger partial charge is 0.497 e. The van der Waals surface area contributed by atoms with Crippen LogP contribution in [0.3, 0.4) is 0 Å². The smallest absolute Gasteiger partial charge is 0.433 e. The van der Waals surface area contributed by atoms with Crippen LogP contribution >= 0.6 is 0 Å². The van der Waals surface area contributed by atoms with Gasteiger partial charge in [-0.25, -0.2) is 9.50 Å². The minimum atomic E-state index is -4.70. The van der Waals surface area contributed by atoms with E-state index in [-0.39, 0.29) is 23.4 Å². The van der Waals surface area contributed by atoms with Crippen molar-refractivity contribution >= 4 is 11.6 Å². The molecule has 0 atom stereocenters. The Bertz CT molecular complexity index is 1310. The Morgan fingerprint density at radius 1 is 1.21 bits per heavy atom. The SMILES string of the molecule is CCn1cc(CNC(=O)c2cnn3c(C(F)(F)F)cc(-c4ccc(OC)cc4)nc23)c(C)n1. The minimum absolute atomic E-state index is 0.0589. The van der Waals surface area contributed by atoms with Gasteiger partial charge in [-0.1, -0.05) is 0 Å². The van der Waals surface area contributed by atoms with Crippen LogP contribution < -0.4 is 10.1 Å². The third-order valence-corrected chi connectivity index (χ3v) is 5.20. The molecule has 4 rings (SSSR count). The molecule has 1 N–H and O–H groups in total. The van der Waals surface area contributed by atoms with Gasteiger partial charge in [0.15, 0.2) is 11.3 Å². The van der Waals surface area contributed by atoms with Gasteiger partial charge in [-0.05, 0) is 44.2 Å². The zero-order valence-electron chi connectivity index (χ0n) is 18.1. The van der Waals surface area contributed by atoms with Gasteiger partial charge in [0.1, 0.15) is 11.3 Å². The standard InChI is InChI=1S/C22H21F3N6O2/c1-4-30-12-15(13(2)29-30)10-26-21(32)17-11-27-31-19(22(23,24)25)9-18(28-20(17)31)14-5-7-16(33-3)8-6-14/h5-9,11-12H,4,10H2,1-3H3,(H,26,32). The van der Waals surface area contributed by atoms with Crippen LogP contribution in [0.25, 0.3) is 16.9 Å². The number of amides is 1. The fourth-order valence-corrected chi connectivity index (χ4v) is 3.40. The van der Waals surface area contributed by atoms with E-state index >= 15 is 0 Å². The van der Waals surface area contributed by atoms with Crippen LogP contribution in [-0.2, 0) is 19.3 Å². The van der Waals surface area contributed by atoms with Crippen LogP contribution in [0.5, 0.6) is 5.75 Å². The number of rotatable bonds is 6. The van der Waals surface area contributed by atoms with Gasteiger partial charge in [-0.15, -0.1) is 0 Å². The lowest BCUT2D eigenvalue weighted by molar-refractivity contribution is -0.142. The van der Waals surface area contributed by atoms with Gasteiger partial charge < -0.3 is 10.1 Å². The maximum Gasteiger partial charge on any atom is 0.433 e. The topological polar surface area (TPSA) is 86.3 Å². The first-order chi connectivity index (χ1) is 15.7. The summed E-state index contributed by atoms with van der Waals surface area (Å²) < 4.78 is 48.8. The Morgan fingerprint density at radius 3 is 2.55 bits per heavy atom. The first-order valence-electron chi connectivity index (χ1n) is 10.1. The molecule has 8 nitrogen and oxygen atoms in total. The zero-order chi connectivity index (χ0) is 23.8. The summed E-state index contributed by atoms with van der Waals surface area (Å²) in [5, 5.41) is 10.8. The van der Waals surface area contributed by atoms with Crippen molar-refractivity contribution in [3.05, 3.63) is 65.2 Å². The molecule has 0 aliphatic carbocycles. The molecule has 3 aromatic heterocycles. The van der Waals surface area contributed by atoms with Gasteiger partial charge in [0.25, 0.3) is 5.91 Å². The summed E-state index contributed by atoms with van der Waals surface area (Å²) in [4.78, 5) is 17.2. The van der Waals surface area contributed by atoms with E-state index in [1.807, 2.05) is 20.0 Å². The molecule has 0 bridgehead atoms. The Labute approximate surface area is 187 Å². The lowest BCUT2D eigenvalue weighted by atomic mass is 10.1. The fourth-order valence-electron chi connectivity index (χ4n) is 3.40. The molecule has 1 aromatic carbocycles. The van der Waals surface area contributed by atoms with Gasteiger partial charge in [0.2, 0.25) is 0 Å². The van der Waals surface area contributed by atoms with Crippen molar-refractivity contribution in [3.8, 4) is 17.0 Å². The summed E-state index contributed by atoms with van der Waals surface area (Å²) in [6, 6.07) is 7.35. The van der Waals surface area contributed by atoms with Crippen molar-refractivity contribution in [3.63, 3.8) is 0 Å². The van der Waals surface area contributed by atoms with Crippen LogP contribution in [0.15, 0.2) is 42.7 Å². The highest BCUT2D eigenvalue weighted by Crippen LogP contribution is 2.33. The zero-order valence-corrected chi connectivity index (χ0v) is 18.1. The number of halogens is 3. The molecule has 11 heteroatoms. The second-order valence-corrected chi connectivity index (χ2v) is 7.32. The fraction of sp³-hybridized carbons (Fsp3) is 0.273. The molecule has 0 saturated carbocycles. The van der Waals surface area contributed by atoms with Crippen molar-refractivity contribution in [1.82, 2.24) is 29.7 Å². The number of aryl methyl sites for hydroxylation is 2. The number of aromatic nitrogens is 5. The third kappa shape index (κ3) is 4.38. The summed E-state index contributed by atoms with van der Waals surface area (Å²) in [5.41, 5.74) is 0.801. The van der Waals surface area contributed by atoms with Gasteiger partial charge in [-0.2, -0.15) is 23.4 Å². The van der Waals surface area contributed by atoms with E-state index in [1.165, 1.54) is 7.11 Å². The van der Waals surface area contributed by atoms with Crippen LogP contribution in [0.2, 0.25) is 0 Å².